The molecule has 1 aliphatic heterocycles. The molecule has 4 rings (SSSR count). The summed E-state index contributed by atoms with van der Waals surface area (Å²) in [6.07, 6.45) is 1.41. The first-order valence-electron chi connectivity index (χ1n) is 9.39. The van der Waals surface area contributed by atoms with Gasteiger partial charge in [0, 0.05) is 10.7 Å². The summed E-state index contributed by atoms with van der Waals surface area (Å²) in [4.78, 5) is 27.4. The van der Waals surface area contributed by atoms with Crippen molar-refractivity contribution in [2.45, 2.75) is 6.04 Å². The Morgan fingerprint density at radius 3 is 2.38 bits per heavy atom. The third-order valence-corrected chi connectivity index (χ3v) is 5.62. The van der Waals surface area contributed by atoms with E-state index in [1.165, 1.54) is 37.5 Å². The fourth-order valence-electron chi connectivity index (χ4n) is 3.63. The molecule has 0 radical (unpaired) electrons. The summed E-state index contributed by atoms with van der Waals surface area (Å²) in [5, 5.41) is 11.7. The molecule has 1 fully saturated rings. The summed E-state index contributed by atoms with van der Waals surface area (Å²) in [7, 11) is 2.89. The highest BCUT2D eigenvalue weighted by molar-refractivity contribution is 6.52. The molecule has 1 aromatic heterocycles. The molecule has 32 heavy (non-hydrogen) atoms. The van der Waals surface area contributed by atoms with Gasteiger partial charge in [-0.2, -0.15) is 0 Å². The van der Waals surface area contributed by atoms with Crippen molar-refractivity contribution >= 4 is 46.3 Å². The Morgan fingerprint density at radius 2 is 1.75 bits per heavy atom. The van der Waals surface area contributed by atoms with Crippen molar-refractivity contribution in [3.05, 3.63) is 81.7 Å². The molecule has 9 heteroatoms. The number of nitrogens with zero attached hydrogens (tertiary/aromatic N) is 1. The standard InChI is InChI=1S/C23H17Cl2NO6/c1-30-16-7-5-12(24)10-14(16)21(27)19-20(18-4-3-9-32-18)26(23(29)22(19)28)13-6-8-17(31-2)15(25)11-13/h3-11,20,27H,1-2H3/b21-19-. The summed E-state index contributed by atoms with van der Waals surface area (Å²) < 4.78 is 16.0. The van der Waals surface area contributed by atoms with E-state index >= 15 is 0 Å². The van der Waals surface area contributed by atoms with Gasteiger partial charge in [0.15, 0.2) is 0 Å². The first kappa shape index (κ1) is 21.8. The number of rotatable bonds is 5. The fraction of sp³-hybridized carbons (Fsp3) is 0.130. The molecule has 0 saturated carbocycles. The maximum atomic E-state index is 13.1. The van der Waals surface area contributed by atoms with Crippen molar-refractivity contribution in [2.75, 3.05) is 19.1 Å². The molecular weight excluding hydrogens is 457 g/mol. The smallest absolute Gasteiger partial charge is 0.300 e. The topological polar surface area (TPSA) is 89.2 Å². The molecule has 1 amide bonds. The van der Waals surface area contributed by atoms with Crippen LogP contribution in [0.5, 0.6) is 11.5 Å². The summed E-state index contributed by atoms with van der Waals surface area (Å²) in [5.41, 5.74) is 0.330. The van der Waals surface area contributed by atoms with E-state index in [2.05, 4.69) is 0 Å². The van der Waals surface area contributed by atoms with Crippen LogP contribution in [0.25, 0.3) is 5.76 Å². The summed E-state index contributed by atoms with van der Waals surface area (Å²) in [6, 6.07) is 11.4. The fourth-order valence-corrected chi connectivity index (χ4v) is 4.05. The number of ether oxygens (including phenoxy) is 2. The van der Waals surface area contributed by atoms with Crippen LogP contribution in [0, 0.1) is 0 Å². The van der Waals surface area contributed by atoms with Gasteiger partial charge in [0.25, 0.3) is 11.7 Å². The second-order valence-corrected chi connectivity index (χ2v) is 7.69. The molecule has 2 heterocycles. The van der Waals surface area contributed by atoms with Crippen LogP contribution in [0.2, 0.25) is 10.0 Å². The molecule has 1 saturated heterocycles. The maximum absolute atomic E-state index is 13.1. The molecule has 3 aromatic rings. The van der Waals surface area contributed by atoms with Crippen LogP contribution in [0.3, 0.4) is 0 Å². The monoisotopic (exact) mass is 473 g/mol. The number of aliphatic hydroxyl groups excluding tert-OH is 1. The molecule has 0 bridgehead atoms. The number of anilines is 1. The second-order valence-electron chi connectivity index (χ2n) is 6.85. The Balaban J connectivity index is 1.95. The highest BCUT2D eigenvalue weighted by Gasteiger charge is 2.48. The number of carbonyl (C=O) groups excluding carboxylic acids is 2. The Labute approximate surface area is 193 Å². The molecule has 1 atom stereocenters. The second kappa shape index (κ2) is 8.61. The number of carbonyl (C=O) groups is 2. The van der Waals surface area contributed by atoms with Gasteiger partial charge in [0.1, 0.15) is 29.1 Å². The van der Waals surface area contributed by atoms with Gasteiger partial charge in [-0.15, -0.1) is 0 Å². The summed E-state index contributed by atoms with van der Waals surface area (Å²) in [5.74, 6) is -1.22. The van der Waals surface area contributed by atoms with Gasteiger partial charge in [-0.3, -0.25) is 14.5 Å². The van der Waals surface area contributed by atoms with E-state index in [-0.39, 0.29) is 27.7 Å². The first-order chi connectivity index (χ1) is 15.4. The largest absolute Gasteiger partial charge is 0.507 e. The lowest BCUT2D eigenvalue weighted by Gasteiger charge is -2.24. The maximum Gasteiger partial charge on any atom is 0.300 e. The van der Waals surface area contributed by atoms with Crippen molar-refractivity contribution in [1.82, 2.24) is 0 Å². The number of Topliss-reactive ketones (excluding diaryl/α,β-unsaturated/α-hetero) is 1. The highest BCUT2D eigenvalue weighted by atomic mass is 35.5. The average Bonchev–Trinajstić information content (AvgIpc) is 3.40. The molecule has 0 aliphatic carbocycles. The van der Waals surface area contributed by atoms with Crippen LogP contribution < -0.4 is 14.4 Å². The number of hydrogen-bond donors (Lipinski definition) is 1. The molecule has 0 spiro atoms. The molecular formula is C23H17Cl2NO6. The molecule has 1 N–H and O–H groups in total. The van der Waals surface area contributed by atoms with Gasteiger partial charge < -0.3 is 19.0 Å². The van der Waals surface area contributed by atoms with Crippen molar-refractivity contribution in [3.8, 4) is 11.5 Å². The van der Waals surface area contributed by atoms with E-state index in [1.807, 2.05) is 0 Å². The van der Waals surface area contributed by atoms with Crippen molar-refractivity contribution in [1.29, 1.82) is 0 Å². The van der Waals surface area contributed by atoms with E-state index in [1.54, 1.807) is 36.4 Å². The normalized spacial score (nSPS) is 17.6. The minimum atomic E-state index is -1.04. The quantitative estimate of drug-likeness (QED) is 0.310. The number of aliphatic hydroxyl groups is 1. The van der Waals surface area contributed by atoms with Crippen LogP contribution in [-0.4, -0.2) is 31.0 Å². The minimum absolute atomic E-state index is 0.169. The zero-order valence-corrected chi connectivity index (χ0v) is 18.5. The van der Waals surface area contributed by atoms with E-state index in [4.69, 9.17) is 37.1 Å². The van der Waals surface area contributed by atoms with Crippen LogP contribution in [0.4, 0.5) is 5.69 Å². The Bertz CT molecular complexity index is 1240. The van der Waals surface area contributed by atoms with E-state index in [9.17, 15) is 14.7 Å². The van der Waals surface area contributed by atoms with E-state index in [0.29, 0.717) is 16.5 Å². The lowest BCUT2D eigenvalue weighted by atomic mass is 9.98. The van der Waals surface area contributed by atoms with Gasteiger partial charge in [0.05, 0.1) is 36.6 Å². The van der Waals surface area contributed by atoms with Crippen molar-refractivity contribution in [3.63, 3.8) is 0 Å². The lowest BCUT2D eigenvalue weighted by Crippen LogP contribution is -2.29. The highest BCUT2D eigenvalue weighted by Crippen LogP contribution is 2.44. The number of hydrogen-bond acceptors (Lipinski definition) is 6. The third kappa shape index (κ3) is 3.59. The number of benzene rings is 2. The predicted molar refractivity (Wildman–Crippen MR) is 119 cm³/mol. The van der Waals surface area contributed by atoms with Gasteiger partial charge >= 0.3 is 0 Å². The zero-order chi connectivity index (χ0) is 23.0. The third-order valence-electron chi connectivity index (χ3n) is 5.09. The lowest BCUT2D eigenvalue weighted by molar-refractivity contribution is -0.132. The summed E-state index contributed by atoms with van der Waals surface area (Å²) in [6.45, 7) is 0. The van der Waals surface area contributed by atoms with E-state index in [0.717, 1.165) is 0 Å². The van der Waals surface area contributed by atoms with Crippen molar-refractivity contribution in [2.24, 2.45) is 0 Å². The summed E-state index contributed by atoms with van der Waals surface area (Å²) >= 11 is 12.4. The number of halogens is 2. The molecule has 1 unspecified atom stereocenters. The molecule has 1 aliphatic rings. The number of amides is 1. The molecule has 164 valence electrons. The Morgan fingerprint density at radius 1 is 1.03 bits per heavy atom. The molecule has 2 aromatic carbocycles. The Kier molecular flexibility index (Phi) is 5.86. The van der Waals surface area contributed by atoms with Gasteiger partial charge in [-0.05, 0) is 48.5 Å². The van der Waals surface area contributed by atoms with Crippen molar-refractivity contribution < 1.29 is 28.6 Å². The molecule has 7 nitrogen and oxygen atoms in total. The van der Waals surface area contributed by atoms with E-state index < -0.39 is 23.5 Å². The van der Waals surface area contributed by atoms with Crippen LogP contribution in [0.15, 0.2) is 64.8 Å². The average molecular weight is 474 g/mol. The number of methoxy groups -OCH3 is 2. The van der Waals surface area contributed by atoms with Crippen LogP contribution >= 0.6 is 23.2 Å². The van der Waals surface area contributed by atoms with Gasteiger partial charge in [-0.1, -0.05) is 23.2 Å². The van der Waals surface area contributed by atoms with Crippen LogP contribution in [-0.2, 0) is 9.59 Å². The number of ketones is 1. The SMILES string of the molecule is COc1ccc(N2C(=O)C(=O)/C(=C(\O)c3cc(Cl)ccc3OC)C2c2ccco2)cc1Cl. The Hall–Kier alpha value is -3.42. The van der Waals surface area contributed by atoms with Crippen LogP contribution in [0.1, 0.15) is 17.4 Å². The van der Waals surface area contributed by atoms with Gasteiger partial charge in [-0.25, -0.2) is 0 Å². The number of furan rings is 1. The zero-order valence-electron chi connectivity index (χ0n) is 17.0. The predicted octanol–water partition coefficient (Wildman–Crippen LogP) is 5.23. The first-order valence-corrected chi connectivity index (χ1v) is 10.1. The minimum Gasteiger partial charge on any atom is -0.507 e. The van der Waals surface area contributed by atoms with Gasteiger partial charge in [0.2, 0.25) is 0 Å².